The molecule has 2 N–H and O–H groups in total. The third-order valence-electron chi connectivity index (χ3n) is 4.93. The van der Waals surface area contributed by atoms with Crippen LogP contribution in [0.15, 0.2) is 6.07 Å². The van der Waals surface area contributed by atoms with E-state index in [4.69, 9.17) is 4.74 Å². The molecule has 0 unspecified atom stereocenters. The van der Waals surface area contributed by atoms with Gasteiger partial charge >= 0.3 is 0 Å². The lowest BCUT2D eigenvalue weighted by Gasteiger charge is -2.24. The summed E-state index contributed by atoms with van der Waals surface area (Å²) in [6, 6.07) is 2.08. The molecule has 0 aliphatic carbocycles. The number of ether oxygens (including phenoxy) is 1. The molecule has 0 spiro atoms. The lowest BCUT2D eigenvalue weighted by molar-refractivity contribution is 0.0936. The number of nitrogens with one attached hydrogen (secondary N) is 1. The van der Waals surface area contributed by atoms with Crippen molar-refractivity contribution in [2.24, 2.45) is 0 Å². The van der Waals surface area contributed by atoms with E-state index in [2.05, 4.69) is 24.1 Å². The standard InChI is InChI=1S/C19H30N2O3/c1-5-8-15-13(3)11-16(22)18(24-4)17(15)19(23)20-12-14-9-7-10-21(14)6-2/h11,14,22H,5-10,12H2,1-4H3,(H,20,23)/t14-/m0/s1. The number of likely N-dealkylation sites (N-methyl/N-ethyl adjacent to an activating group) is 1. The molecule has 5 nitrogen and oxygen atoms in total. The van der Waals surface area contributed by atoms with Gasteiger partial charge in [-0.2, -0.15) is 0 Å². The van der Waals surface area contributed by atoms with Crippen LogP contribution in [0.5, 0.6) is 11.5 Å². The Hall–Kier alpha value is -1.75. The van der Waals surface area contributed by atoms with Crippen LogP contribution in [0.1, 0.15) is 54.6 Å². The fourth-order valence-corrected chi connectivity index (χ4v) is 3.68. The number of methoxy groups -OCH3 is 1. The Morgan fingerprint density at radius 2 is 2.21 bits per heavy atom. The highest BCUT2D eigenvalue weighted by molar-refractivity contribution is 5.99. The van der Waals surface area contributed by atoms with Gasteiger partial charge in [0, 0.05) is 12.6 Å². The van der Waals surface area contributed by atoms with E-state index < -0.39 is 0 Å². The van der Waals surface area contributed by atoms with E-state index in [0.717, 1.165) is 43.5 Å². The number of likely N-dealkylation sites (tertiary alicyclic amines) is 1. The van der Waals surface area contributed by atoms with Gasteiger partial charge in [-0.1, -0.05) is 20.3 Å². The third-order valence-corrected chi connectivity index (χ3v) is 4.93. The largest absolute Gasteiger partial charge is 0.504 e. The van der Waals surface area contributed by atoms with E-state index in [1.807, 2.05) is 6.92 Å². The van der Waals surface area contributed by atoms with Crippen LogP contribution in [0.2, 0.25) is 0 Å². The maximum Gasteiger partial charge on any atom is 0.255 e. The Balaban J connectivity index is 2.23. The van der Waals surface area contributed by atoms with Gasteiger partial charge in [-0.25, -0.2) is 0 Å². The second kappa shape index (κ2) is 8.38. The highest BCUT2D eigenvalue weighted by Gasteiger charge is 2.26. The Labute approximate surface area is 145 Å². The van der Waals surface area contributed by atoms with Crippen LogP contribution in [0, 0.1) is 6.92 Å². The Kier molecular flexibility index (Phi) is 6.49. The van der Waals surface area contributed by atoms with Gasteiger partial charge in [0.05, 0.1) is 12.7 Å². The van der Waals surface area contributed by atoms with Gasteiger partial charge in [-0.05, 0) is 56.5 Å². The van der Waals surface area contributed by atoms with Crippen LogP contribution in [-0.2, 0) is 6.42 Å². The molecule has 5 heteroatoms. The molecular formula is C19H30N2O3. The van der Waals surface area contributed by atoms with Gasteiger partial charge in [0.25, 0.3) is 5.91 Å². The summed E-state index contributed by atoms with van der Waals surface area (Å²) < 4.78 is 5.33. The van der Waals surface area contributed by atoms with Crippen LogP contribution in [-0.4, -0.2) is 48.7 Å². The molecule has 1 aromatic rings. The molecule has 24 heavy (non-hydrogen) atoms. The molecule has 1 aliphatic heterocycles. The number of aryl methyl sites for hydroxylation is 1. The number of phenols is 1. The summed E-state index contributed by atoms with van der Waals surface area (Å²) in [7, 11) is 1.49. The minimum atomic E-state index is -0.155. The first kappa shape index (κ1) is 18.6. The maximum atomic E-state index is 12.9. The fourth-order valence-electron chi connectivity index (χ4n) is 3.68. The Morgan fingerprint density at radius 1 is 1.46 bits per heavy atom. The molecule has 1 atom stereocenters. The van der Waals surface area contributed by atoms with E-state index in [9.17, 15) is 9.90 Å². The lowest BCUT2D eigenvalue weighted by atomic mass is 9.95. The number of phenolic OH excluding ortho intramolecular Hbond substituents is 1. The van der Waals surface area contributed by atoms with Gasteiger partial charge in [0.2, 0.25) is 0 Å². The molecule has 0 bridgehead atoms. The molecule has 1 aliphatic rings. The molecule has 1 fully saturated rings. The highest BCUT2D eigenvalue weighted by atomic mass is 16.5. The number of carbonyl (C=O) groups is 1. The van der Waals surface area contributed by atoms with Gasteiger partial charge in [-0.15, -0.1) is 0 Å². The van der Waals surface area contributed by atoms with Gasteiger partial charge < -0.3 is 15.2 Å². The molecule has 0 aromatic heterocycles. The van der Waals surface area contributed by atoms with Crippen molar-refractivity contribution in [1.82, 2.24) is 10.2 Å². The first-order valence-electron chi connectivity index (χ1n) is 8.95. The zero-order chi connectivity index (χ0) is 17.7. The minimum Gasteiger partial charge on any atom is -0.504 e. The van der Waals surface area contributed by atoms with Gasteiger partial charge in [-0.3, -0.25) is 9.69 Å². The summed E-state index contributed by atoms with van der Waals surface area (Å²) >= 11 is 0. The minimum absolute atomic E-state index is 0.0241. The average Bonchev–Trinajstić information content (AvgIpc) is 3.02. The van der Waals surface area contributed by atoms with E-state index in [1.165, 1.54) is 13.5 Å². The van der Waals surface area contributed by atoms with Crippen molar-refractivity contribution in [1.29, 1.82) is 0 Å². The molecule has 1 aromatic carbocycles. The summed E-state index contributed by atoms with van der Waals surface area (Å²) in [6.45, 7) is 8.91. The van der Waals surface area contributed by atoms with E-state index >= 15 is 0 Å². The molecule has 1 saturated heterocycles. The predicted octanol–water partition coefficient (Wildman–Crippen LogP) is 2.88. The topological polar surface area (TPSA) is 61.8 Å². The number of amides is 1. The quantitative estimate of drug-likeness (QED) is 0.805. The van der Waals surface area contributed by atoms with E-state index in [-0.39, 0.29) is 17.4 Å². The number of aromatic hydroxyl groups is 1. The van der Waals surface area contributed by atoms with Crippen molar-refractivity contribution in [2.45, 2.75) is 52.5 Å². The summed E-state index contributed by atoms with van der Waals surface area (Å²) in [5, 5.41) is 13.2. The molecule has 2 rings (SSSR count). The number of rotatable bonds is 7. The number of carbonyl (C=O) groups excluding carboxylic acids is 1. The molecular weight excluding hydrogens is 304 g/mol. The van der Waals surface area contributed by atoms with Crippen molar-refractivity contribution >= 4 is 5.91 Å². The summed E-state index contributed by atoms with van der Waals surface area (Å²) in [5.74, 6) is 0.147. The second-order valence-corrected chi connectivity index (χ2v) is 6.48. The van der Waals surface area contributed by atoms with Crippen LogP contribution in [0.3, 0.4) is 0 Å². The predicted molar refractivity (Wildman–Crippen MR) is 96.0 cm³/mol. The number of hydrogen-bond donors (Lipinski definition) is 2. The third kappa shape index (κ3) is 3.83. The van der Waals surface area contributed by atoms with Crippen LogP contribution in [0.25, 0.3) is 0 Å². The fraction of sp³-hybridized carbons (Fsp3) is 0.632. The summed E-state index contributed by atoms with van der Waals surface area (Å²) in [6.07, 6.45) is 4.02. The Morgan fingerprint density at radius 3 is 2.83 bits per heavy atom. The smallest absolute Gasteiger partial charge is 0.255 e. The molecule has 1 heterocycles. The summed E-state index contributed by atoms with van der Waals surface area (Å²) in [4.78, 5) is 15.3. The zero-order valence-corrected chi connectivity index (χ0v) is 15.3. The lowest BCUT2D eigenvalue weighted by Crippen LogP contribution is -2.40. The van der Waals surface area contributed by atoms with Crippen LogP contribution < -0.4 is 10.1 Å². The van der Waals surface area contributed by atoms with Crippen molar-refractivity contribution in [3.05, 3.63) is 22.8 Å². The van der Waals surface area contributed by atoms with Crippen molar-refractivity contribution < 1.29 is 14.6 Å². The van der Waals surface area contributed by atoms with Gasteiger partial charge in [0.15, 0.2) is 11.5 Å². The maximum absolute atomic E-state index is 12.9. The van der Waals surface area contributed by atoms with E-state index in [0.29, 0.717) is 18.2 Å². The van der Waals surface area contributed by atoms with E-state index in [1.54, 1.807) is 6.07 Å². The van der Waals surface area contributed by atoms with Crippen molar-refractivity contribution in [3.8, 4) is 11.5 Å². The monoisotopic (exact) mass is 334 g/mol. The Bertz CT molecular complexity index is 586. The van der Waals surface area contributed by atoms with Crippen LogP contribution >= 0.6 is 0 Å². The molecule has 0 radical (unpaired) electrons. The van der Waals surface area contributed by atoms with Crippen molar-refractivity contribution in [3.63, 3.8) is 0 Å². The normalized spacial score (nSPS) is 17.9. The highest BCUT2D eigenvalue weighted by Crippen LogP contribution is 2.35. The summed E-state index contributed by atoms with van der Waals surface area (Å²) in [5.41, 5.74) is 2.37. The van der Waals surface area contributed by atoms with Crippen LogP contribution in [0.4, 0.5) is 0 Å². The second-order valence-electron chi connectivity index (χ2n) is 6.48. The molecule has 1 amide bonds. The molecule has 0 saturated carbocycles. The number of hydrogen-bond acceptors (Lipinski definition) is 4. The SMILES string of the molecule is CCCc1c(C)cc(O)c(OC)c1C(=O)NC[C@@H]1CCCN1CC. The van der Waals surface area contributed by atoms with Gasteiger partial charge in [0.1, 0.15) is 0 Å². The molecule has 134 valence electrons. The number of benzene rings is 1. The zero-order valence-electron chi connectivity index (χ0n) is 15.3. The first-order valence-corrected chi connectivity index (χ1v) is 8.95. The first-order chi connectivity index (χ1) is 11.5. The number of nitrogens with zero attached hydrogens (tertiary/aromatic N) is 1. The van der Waals surface area contributed by atoms with Crippen molar-refractivity contribution in [2.75, 3.05) is 26.7 Å². The average molecular weight is 334 g/mol.